The average molecular weight is 626 g/mol. The van der Waals surface area contributed by atoms with Crippen molar-refractivity contribution in [2.75, 3.05) is 27.9 Å². The van der Waals surface area contributed by atoms with Gasteiger partial charge >= 0.3 is 0 Å². The van der Waals surface area contributed by atoms with E-state index >= 15 is 0 Å². The maximum Gasteiger partial charge on any atom is 0.238 e. The Morgan fingerprint density at radius 2 is 1.68 bits per heavy atom. The van der Waals surface area contributed by atoms with Crippen molar-refractivity contribution in [3.8, 4) is 11.6 Å². The van der Waals surface area contributed by atoms with Crippen molar-refractivity contribution < 1.29 is 49.2 Å². The number of rotatable bonds is 15. The summed E-state index contributed by atoms with van der Waals surface area (Å²) in [5.41, 5.74) is 3.43. The van der Waals surface area contributed by atoms with E-state index in [2.05, 4.69) is 4.98 Å². The second-order valence-corrected chi connectivity index (χ2v) is 11.4. The Morgan fingerprint density at radius 3 is 2.23 bits per heavy atom. The summed E-state index contributed by atoms with van der Waals surface area (Å²) in [5, 5.41) is 51.5. The normalized spacial score (nSPS) is 26.2. The Morgan fingerprint density at radius 1 is 1.02 bits per heavy atom. The van der Waals surface area contributed by atoms with Crippen molar-refractivity contribution in [2.24, 2.45) is 5.92 Å². The lowest BCUT2D eigenvalue weighted by Crippen LogP contribution is -2.60. The standard InChI is InChI=1S/C32H51NO11/c1-10-17(3)28(44-32-27(39)26(38)25(37)23(15-34)43-32)18(4)14-19(5)29(40-7)22(35)13-16(2)11-12-21-20(6)24(36)30(41-8)31(33-21)42-9/h10-11,14,18,22-23,25-29,32,34-35,37-39H,12-13,15H2,1-9H3,(H,33,36)/b16-11-,17-10+,19-14-/t18-,22+,23-,25-,26+,27-,28+,29-,32+/m1/s1. The SMILES string of the molecule is C/C=C(\C)[C@H](O[C@@H]1O[C@H](CO)[C@@H](O)[C@H](O)[C@H]1O)[C@H](C)/C=C(/C)[C@@H](OC)[C@@H](O)C/C(C)=C\Cc1[nH]c(OC)c(OC)c(=O)c1C. The van der Waals surface area contributed by atoms with Gasteiger partial charge in [-0.3, -0.25) is 4.79 Å². The molecule has 0 unspecified atom stereocenters. The van der Waals surface area contributed by atoms with Gasteiger partial charge in [0.2, 0.25) is 17.1 Å². The number of nitrogens with one attached hydrogen (secondary N) is 1. The zero-order valence-electron chi connectivity index (χ0n) is 27.2. The van der Waals surface area contributed by atoms with Crippen LogP contribution in [0.2, 0.25) is 0 Å². The number of hydrogen-bond acceptors (Lipinski definition) is 11. The number of aliphatic hydroxyl groups excluding tert-OH is 5. The highest BCUT2D eigenvalue weighted by molar-refractivity contribution is 5.40. The second-order valence-electron chi connectivity index (χ2n) is 11.4. The number of hydrogen-bond donors (Lipinski definition) is 6. The lowest BCUT2D eigenvalue weighted by atomic mass is 9.91. The first kappa shape index (κ1) is 37.6. The fourth-order valence-electron chi connectivity index (χ4n) is 5.41. The number of H-pyrrole nitrogens is 1. The third-order valence-corrected chi connectivity index (χ3v) is 8.15. The van der Waals surface area contributed by atoms with Crippen LogP contribution < -0.4 is 14.9 Å². The van der Waals surface area contributed by atoms with E-state index in [1.165, 1.54) is 21.3 Å². The summed E-state index contributed by atoms with van der Waals surface area (Å²) in [6.45, 7) is 10.5. The molecule has 0 bridgehead atoms. The zero-order valence-corrected chi connectivity index (χ0v) is 27.2. The third-order valence-electron chi connectivity index (χ3n) is 8.15. The smallest absolute Gasteiger partial charge is 0.238 e. The third kappa shape index (κ3) is 9.01. The molecule has 6 N–H and O–H groups in total. The Hall–Kier alpha value is -2.55. The van der Waals surface area contributed by atoms with Gasteiger partial charge in [-0.1, -0.05) is 30.7 Å². The monoisotopic (exact) mass is 625 g/mol. The summed E-state index contributed by atoms with van der Waals surface area (Å²) >= 11 is 0. The summed E-state index contributed by atoms with van der Waals surface area (Å²) in [6.07, 6.45) is -2.61. The molecular weight excluding hydrogens is 574 g/mol. The maximum atomic E-state index is 12.6. The van der Waals surface area contributed by atoms with Gasteiger partial charge in [0.1, 0.15) is 30.5 Å². The topological polar surface area (TPSA) is 180 Å². The van der Waals surface area contributed by atoms with Crippen LogP contribution in [0.4, 0.5) is 0 Å². The minimum absolute atomic E-state index is 0.120. The molecule has 12 nitrogen and oxygen atoms in total. The number of aromatic nitrogens is 1. The van der Waals surface area contributed by atoms with E-state index in [0.717, 1.165) is 16.7 Å². The Kier molecular flexibility index (Phi) is 14.7. The molecule has 0 saturated carbocycles. The molecule has 9 atom stereocenters. The second kappa shape index (κ2) is 17.2. The lowest BCUT2D eigenvalue weighted by Gasteiger charge is -2.41. The van der Waals surface area contributed by atoms with Crippen molar-refractivity contribution in [1.82, 2.24) is 4.98 Å². The average Bonchev–Trinajstić information content (AvgIpc) is 2.99. The van der Waals surface area contributed by atoms with Crippen LogP contribution >= 0.6 is 0 Å². The molecule has 1 aromatic heterocycles. The predicted octanol–water partition coefficient (Wildman–Crippen LogP) is 1.69. The summed E-state index contributed by atoms with van der Waals surface area (Å²) in [7, 11) is 4.39. The number of allylic oxidation sites excluding steroid dienone is 2. The molecule has 0 aromatic carbocycles. The molecule has 0 amide bonds. The van der Waals surface area contributed by atoms with Gasteiger partial charge in [-0.15, -0.1) is 0 Å². The first-order valence-corrected chi connectivity index (χ1v) is 14.7. The van der Waals surface area contributed by atoms with Crippen LogP contribution in [0.1, 0.15) is 52.3 Å². The van der Waals surface area contributed by atoms with Gasteiger partial charge in [0.25, 0.3) is 0 Å². The van der Waals surface area contributed by atoms with Gasteiger partial charge in [-0.05, 0) is 52.2 Å². The summed E-state index contributed by atoms with van der Waals surface area (Å²) < 4.78 is 27.8. The molecule has 0 aliphatic carbocycles. The summed E-state index contributed by atoms with van der Waals surface area (Å²) in [5.74, 6) is 0.0835. The van der Waals surface area contributed by atoms with Crippen LogP contribution in [0.15, 0.2) is 39.7 Å². The molecule has 1 aromatic rings. The Labute approximate surface area is 259 Å². The van der Waals surface area contributed by atoms with Crippen LogP contribution in [0.5, 0.6) is 11.6 Å². The molecule has 1 saturated heterocycles. The van der Waals surface area contributed by atoms with Crippen molar-refractivity contribution in [3.63, 3.8) is 0 Å². The highest BCUT2D eigenvalue weighted by Crippen LogP contribution is 2.29. The quantitative estimate of drug-likeness (QED) is 0.156. The van der Waals surface area contributed by atoms with Crippen LogP contribution in [0.3, 0.4) is 0 Å². The van der Waals surface area contributed by atoms with E-state index in [1.807, 2.05) is 52.8 Å². The van der Waals surface area contributed by atoms with E-state index in [9.17, 15) is 30.3 Å². The minimum Gasteiger partial charge on any atom is -0.488 e. The molecule has 2 rings (SSSR count). The number of methoxy groups -OCH3 is 3. The van der Waals surface area contributed by atoms with E-state index < -0.39 is 55.6 Å². The molecule has 12 heteroatoms. The van der Waals surface area contributed by atoms with Crippen molar-refractivity contribution in [2.45, 2.75) is 103 Å². The number of aliphatic hydroxyl groups is 5. The van der Waals surface area contributed by atoms with Gasteiger partial charge in [-0.25, -0.2) is 0 Å². The zero-order chi connectivity index (χ0) is 33.3. The van der Waals surface area contributed by atoms with E-state index in [-0.39, 0.29) is 23.0 Å². The Bertz CT molecular complexity index is 1220. The Balaban J connectivity index is 2.19. The molecule has 0 radical (unpaired) electrons. The fraction of sp³-hybridized carbons (Fsp3) is 0.656. The predicted molar refractivity (Wildman–Crippen MR) is 165 cm³/mol. The van der Waals surface area contributed by atoms with Crippen molar-refractivity contribution >= 4 is 0 Å². The van der Waals surface area contributed by atoms with Gasteiger partial charge in [0.15, 0.2) is 6.29 Å². The maximum absolute atomic E-state index is 12.6. The highest BCUT2D eigenvalue weighted by Gasteiger charge is 2.45. The molecule has 0 spiro atoms. The van der Waals surface area contributed by atoms with Crippen molar-refractivity contribution in [1.29, 1.82) is 0 Å². The lowest BCUT2D eigenvalue weighted by molar-refractivity contribution is -0.310. The van der Waals surface area contributed by atoms with Gasteiger partial charge in [0, 0.05) is 30.7 Å². The molecule has 1 aliphatic heterocycles. The number of pyridine rings is 1. The van der Waals surface area contributed by atoms with Gasteiger partial charge in [-0.2, -0.15) is 0 Å². The van der Waals surface area contributed by atoms with Crippen LogP contribution in [0, 0.1) is 12.8 Å². The molecule has 250 valence electrons. The molecule has 2 heterocycles. The summed E-state index contributed by atoms with van der Waals surface area (Å²) in [4.78, 5) is 15.7. The van der Waals surface area contributed by atoms with Gasteiger partial charge < -0.3 is 54.2 Å². The number of aromatic amines is 1. The largest absolute Gasteiger partial charge is 0.488 e. The highest BCUT2D eigenvalue weighted by atomic mass is 16.7. The van der Waals surface area contributed by atoms with Crippen LogP contribution in [-0.4, -0.2) is 107 Å². The van der Waals surface area contributed by atoms with E-state index in [0.29, 0.717) is 24.1 Å². The molecule has 44 heavy (non-hydrogen) atoms. The minimum atomic E-state index is -1.55. The first-order valence-electron chi connectivity index (χ1n) is 14.7. The van der Waals surface area contributed by atoms with Crippen LogP contribution in [-0.2, 0) is 20.6 Å². The number of ether oxygens (including phenoxy) is 5. The molecular formula is C32H51NO11. The fourth-order valence-corrected chi connectivity index (χ4v) is 5.41. The van der Waals surface area contributed by atoms with E-state index in [1.54, 1.807) is 6.92 Å². The summed E-state index contributed by atoms with van der Waals surface area (Å²) in [6, 6.07) is 0. The first-order chi connectivity index (χ1) is 20.7. The molecule has 1 aliphatic rings. The van der Waals surface area contributed by atoms with Crippen molar-refractivity contribution in [3.05, 3.63) is 56.4 Å². The molecule has 1 fully saturated rings. The van der Waals surface area contributed by atoms with Crippen LogP contribution in [0.25, 0.3) is 0 Å². The van der Waals surface area contributed by atoms with Gasteiger partial charge in [0.05, 0.1) is 33.0 Å². The van der Waals surface area contributed by atoms with E-state index in [4.69, 9.17) is 23.7 Å².